The van der Waals surface area contributed by atoms with Gasteiger partial charge in [-0.1, -0.05) is 0 Å². The van der Waals surface area contributed by atoms with Crippen molar-refractivity contribution in [3.05, 3.63) is 0 Å². The smallest absolute Gasteiger partial charge is 0.390 e. The van der Waals surface area contributed by atoms with Gasteiger partial charge in [-0.15, -0.1) is 9.05 Å². The van der Waals surface area contributed by atoms with Gasteiger partial charge in [-0.3, -0.25) is 0 Å². The molecule has 0 bridgehead atoms. The van der Waals surface area contributed by atoms with Crippen LogP contribution in [0, 0.1) is 0 Å². The first-order chi connectivity index (χ1) is 8.93. The Bertz CT molecular complexity index is 334. The maximum absolute atomic E-state index is 12.5. The van der Waals surface area contributed by atoms with Crippen molar-refractivity contribution in [2.45, 2.75) is 63.9 Å². The first kappa shape index (κ1) is 19.9. The molecule has 0 aliphatic carbocycles. The molecule has 2 N–H and O–H groups in total. The first-order valence-corrected chi connectivity index (χ1v) is 8.07. The van der Waals surface area contributed by atoms with Crippen LogP contribution in [-0.4, -0.2) is 33.6 Å². The lowest BCUT2D eigenvalue weighted by Crippen LogP contribution is -2.44. The van der Waals surface area contributed by atoms with Gasteiger partial charge in [-0.25, -0.2) is 0 Å². The third kappa shape index (κ3) is 6.12. The van der Waals surface area contributed by atoms with Crippen molar-refractivity contribution in [1.82, 2.24) is 0 Å². The van der Waals surface area contributed by atoms with Crippen LogP contribution in [0.1, 0.15) is 40.5 Å². The second-order valence-electron chi connectivity index (χ2n) is 5.08. The normalized spacial score (nSPS) is 22.4. The van der Waals surface area contributed by atoms with Crippen LogP contribution >= 0.6 is 16.7 Å². The van der Waals surface area contributed by atoms with Gasteiger partial charge in [0.2, 0.25) is 0 Å². The zero-order valence-corrected chi connectivity index (χ0v) is 13.5. The summed E-state index contributed by atoms with van der Waals surface area (Å²) in [5.41, 5.74) is -3.02. The highest BCUT2D eigenvalue weighted by Crippen LogP contribution is 2.41. The Labute approximate surface area is 118 Å². The Morgan fingerprint density at radius 1 is 0.950 bits per heavy atom. The van der Waals surface area contributed by atoms with E-state index >= 15 is 0 Å². The topological polar surface area (TPSA) is 93.1 Å². The number of hydrogen-bond acceptors (Lipinski definition) is 6. The number of halogens is 2. The van der Waals surface area contributed by atoms with Gasteiger partial charge < -0.3 is 10.2 Å². The maximum Gasteiger partial charge on any atom is 0.746 e. The summed E-state index contributed by atoms with van der Waals surface area (Å²) in [5, 5.41) is 19.2. The fourth-order valence-corrected chi connectivity index (χ4v) is 2.63. The van der Waals surface area contributed by atoms with E-state index in [9.17, 15) is 27.7 Å². The van der Waals surface area contributed by atoms with E-state index in [1.165, 1.54) is 27.7 Å². The van der Waals surface area contributed by atoms with Crippen molar-refractivity contribution in [2.24, 2.45) is 0 Å². The molecule has 0 heterocycles. The van der Waals surface area contributed by atoms with Crippen LogP contribution in [0.3, 0.4) is 0 Å². The van der Waals surface area contributed by atoms with Crippen molar-refractivity contribution >= 4 is 16.7 Å². The summed E-state index contributed by atoms with van der Waals surface area (Å²) in [6.07, 6.45) is -2.54. The molecule has 20 heavy (non-hydrogen) atoms. The summed E-state index contributed by atoms with van der Waals surface area (Å²) >= 11 is 0. The summed E-state index contributed by atoms with van der Waals surface area (Å²) in [7, 11) is -6.89. The van der Waals surface area contributed by atoms with Crippen molar-refractivity contribution < 1.29 is 36.8 Å². The summed E-state index contributed by atoms with van der Waals surface area (Å²) in [6, 6.07) is 0. The lowest BCUT2D eigenvalue weighted by Gasteiger charge is -2.31. The number of hydrogen-bond donors (Lipinski definition) is 2. The molecule has 0 aliphatic heterocycles. The average molecular weight is 336 g/mol. The van der Waals surface area contributed by atoms with Crippen LogP contribution in [0.25, 0.3) is 0 Å². The molecule has 0 fully saturated rings. The van der Waals surface area contributed by atoms with E-state index in [-0.39, 0.29) is 12.8 Å². The number of aliphatic hydroxyl groups is 2. The Morgan fingerprint density at radius 3 is 1.35 bits per heavy atom. The average Bonchev–Trinajstić information content (AvgIpc) is 2.24. The van der Waals surface area contributed by atoms with Gasteiger partial charge in [0.15, 0.2) is 0 Å². The van der Waals surface area contributed by atoms with Crippen LogP contribution in [0.4, 0.5) is 8.39 Å². The zero-order valence-electron chi connectivity index (χ0n) is 11.7. The Morgan fingerprint density at radius 2 is 1.20 bits per heavy atom. The van der Waals surface area contributed by atoms with Crippen molar-refractivity contribution in [3.63, 3.8) is 0 Å². The number of aliphatic hydroxyl groups excluding tert-OH is 2. The van der Waals surface area contributed by atoms with Crippen molar-refractivity contribution in [1.29, 1.82) is 0 Å². The fraction of sp³-hybridized carbons (Fsp3) is 1.00. The van der Waals surface area contributed by atoms with E-state index in [0.29, 0.717) is 0 Å². The largest absolute Gasteiger partial charge is 0.746 e. The van der Waals surface area contributed by atoms with Crippen LogP contribution in [0.2, 0.25) is 0 Å². The Hall–Kier alpha value is -0.100. The monoisotopic (exact) mass is 336 g/mol. The molecular weight excluding hydrogens is 316 g/mol. The molecule has 0 rings (SSSR count). The highest BCUT2D eigenvalue weighted by atomic mass is 31.2. The minimum absolute atomic E-state index is 0.0970. The van der Waals surface area contributed by atoms with E-state index in [0.717, 1.165) is 0 Å². The van der Waals surface area contributed by atoms with Gasteiger partial charge in [0, 0.05) is 9.13 Å². The molecule has 0 saturated carbocycles. The molecule has 0 spiro atoms. The van der Waals surface area contributed by atoms with Gasteiger partial charge in [-0.2, -0.15) is 0 Å². The predicted octanol–water partition coefficient (Wildman–Crippen LogP) is 3.33. The van der Waals surface area contributed by atoms with Gasteiger partial charge >= 0.3 is 16.7 Å². The molecule has 6 nitrogen and oxygen atoms in total. The van der Waals surface area contributed by atoms with E-state index in [1.54, 1.807) is 0 Å². The lowest BCUT2D eigenvalue weighted by atomic mass is 9.86. The van der Waals surface area contributed by atoms with E-state index in [2.05, 4.69) is 9.05 Å². The van der Waals surface area contributed by atoms with Crippen molar-refractivity contribution in [3.8, 4) is 0 Å². The third-order valence-electron chi connectivity index (χ3n) is 3.45. The van der Waals surface area contributed by atoms with Gasteiger partial charge in [0.05, 0.1) is 20.6 Å². The predicted molar refractivity (Wildman–Crippen MR) is 69.0 cm³/mol. The molecule has 0 radical (unpaired) electrons. The highest BCUT2D eigenvalue weighted by Gasteiger charge is 2.47. The molecule has 0 aliphatic rings. The SMILES string of the molecule is CC(O)C(C)(CCC(C)(O[P+](=O)F)C(C)O)O[P+](=O)F. The number of rotatable bonds is 9. The Kier molecular flexibility index (Phi) is 7.74. The quantitative estimate of drug-likeness (QED) is 0.627. The molecule has 0 aromatic rings. The van der Waals surface area contributed by atoms with E-state index < -0.39 is 40.1 Å². The minimum atomic E-state index is -3.45. The first-order valence-electron chi connectivity index (χ1n) is 5.93. The molecule has 6 unspecified atom stereocenters. The molecule has 0 aromatic carbocycles. The summed E-state index contributed by atoms with van der Waals surface area (Å²) in [6.45, 7) is 5.27. The van der Waals surface area contributed by atoms with Gasteiger partial charge in [0.25, 0.3) is 0 Å². The molecule has 0 saturated heterocycles. The highest BCUT2D eigenvalue weighted by molar-refractivity contribution is 7.33. The molecule has 10 heteroatoms. The maximum atomic E-state index is 12.5. The minimum Gasteiger partial charge on any atom is -0.390 e. The van der Waals surface area contributed by atoms with E-state index in [1.807, 2.05) is 0 Å². The second-order valence-corrected chi connectivity index (χ2v) is 6.30. The summed E-state index contributed by atoms with van der Waals surface area (Å²) in [4.78, 5) is 0. The fourth-order valence-electron chi connectivity index (χ4n) is 1.49. The van der Waals surface area contributed by atoms with Crippen LogP contribution in [-0.2, 0) is 18.2 Å². The van der Waals surface area contributed by atoms with Crippen LogP contribution < -0.4 is 0 Å². The van der Waals surface area contributed by atoms with Gasteiger partial charge in [-0.05, 0) is 40.5 Å². The molecule has 0 aromatic heterocycles. The molecule has 118 valence electrons. The molecular formula is C10H20F2O6P2+2. The molecule has 6 atom stereocenters. The van der Waals surface area contributed by atoms with Crippen LogP contribution in [0.15, 0.2) is 0 Å². The standard InChI is InChI=1S/C10H20F2O6P2/c1-7(13)9(3,17-19(11)15)5-6-10(4,8(2)14)18-20(12)16/h7-8,13-14H,5-6H2,1-4H3/q+2. The second kappa shape index (κ2) is 7.78. The molecule has 0 amide bonds. The van der Waals surface area contributed by atoms with Crippen molar-refractivity contribution in [2.75, 3.05) is 0 Å². The van der Waals surface area contributed by atoms with E-state index in [4.69, 9.17) is 0 Å². The zero-order chi connectivity index (χ0) is 16.1. The summed E-state index contributed by atoms with van der Waals surface area (Å²) < 4.78 is 55.3. The lowest BCUT2D eigenvalue weighted by molar-refractivity contribution is -0.0750. The van der Waals surface area contributed by atoms with Crippen LogP contribution in [0.5, 0.6) is 0 Å². The summed E-state index contributed by atoms with van der Waals surface area (Å²) in [5.74, 6) is 0. The van der Waals surface area contributed by atoms with Gasteiger partial charge in [0.1, 0.15) is 11.2 Å². The third-order valence-corrected chi connectivity index (χ3v) is 4.57. The Balaban J connectivity index is 4.97.